The van der Waals surface area contributed by atoms with Gasteiger partial charge < -0.3 is 11.2 Å². The molecule has 1 aromatic carbocycles. The Kier molecular flexibility index (Phi) is 6.28. The maximum Gasteiger partial charge on any atom is 0.239 e. The van der Waals surface area contributed by atoms with Gasteiger partial charge >= 0.3 is 0 Å². The van der Waals surface area contributed by atoms with Crippen molar-refractivity contribution >= 4 is 34.1 Å². The molecule has 10 heteroatoms. The minimum absolute atomic E-state index is 0.182. The van der Waals surface area contributed by atoms with Gasteiger partial charge in [-0.15, -0.1) is 21.5 Å². The Morgan fingerprint density at radius 1 is 1.23 bits per heavy atom. The van der Waals surface area contributed by atoms with Gasteiger partial charge in [-0.2, -0.15) is 0 Å². The molecule has 0 unspecified atom stereocenters. The highest BCUT2D eigenvalue weighted by atomic mass is 32.2. The van der Waals surface area contributed by atoms with Crippen LogP contribution in [-0.4, -0.2) is 36.0 Å². The molecule has 0 aliphatic rings. The number of carbonyl (C=O) groups excluding carboxylic acids is 1. The van der Waals surface area contributed by atoms with Crippen LogP contribution in [-0.2, 0) is 11.2 Å². The lowest BCUT2D eigenvalue weighted by Gasteiger charge is -2.10. The average molecular weight is 452 g/mol. The Labute approximate surface area is 187 Å². The molecule has 0 fully saturated rings. The van der Waals surface area contributed by atoms with E-state index in [2.05, 4.69) is 44.5 Å². The Morgan fingerprint density at radius 3 is 2.74 bits per heavy atom. The largest absolute Gasteiger partial charge is 0.335 e. The SMILES string of the molecule is CCc1ccc(-c2csc(NC(=O)[C@@H](C)Sc3nnc(-c4cccnc4)n3N)n2)cc1. The molecule has 158 valence electrons. The topological polar surface area (TPSA) is 112 Å². The van der Waals surface area contributed by atoms with Gasteiger partial charge in [-0.3, -0.25) is 9.78 Å². The number of hydrogen-bond acceptors (Lipinski definition) is 8. The van der Waals surface area contributed by atoms with Crippen LogP contribution < -0.4 is 11.2 Å². The zero-order chi connectivity index (χ0) is 21.8. The number of rotatable bonds is 7. The summed E-state index contributed by atoms with van der Waals surface area (Å²) in [7, 11) is 0. The van der Waals surface area contributed by atoms with Crippen molar-refractivity contribution in [1.82, 2.24) is 24.8 Å². The quantitative estimate of drug-likeness (QED) is 0.324. The van der Waals surface area contributed by atoms with E-state index < -0.39 is 5.25 Å². The van der Waals surface area contributed by atoms with Crippen molar-refractivity contribution in [2.24, 2.45) is 0 Å². The summed E-state index contributed by atoms with van der Waals surface area (Å²) in [6.07, 6.45) is 4.33. The maximum atomic E-state index is 12.7. The molecule has 0 saturated carbocycles. The van der Waals surface area contributed by atoms with Crippen LogP contribution >= 0.6 is 23.1 Å². The fourth-order valence-corrected chi connectivity index (χ4v) is 4.34. The predicted octanol–water partition coefficient (Wildman–Crippen LogP) is 3.86. The van der Waals surface area contributed by atoms with E-state index >= 15 is 0 Å². The van der Waals surface area contributed by atoms with Crippen LogP contribution in [0.15, 0.2) is 59.3 Å². The van der Waals surface area contributed by atoms with Crippen molar-refractivity contribution in [3.63, 3.8) is 0 Å². The molecule has 0 aliphatic carbocycles. The molecular weight excluding hydrogens is 430 g/mol. The number of nitrogens with one attached hydrogen (secondary N) is 1. The smallest absolute Gasteiger partial charge is 0.239 e. The third-order valence-corrected chi connectivity index (χ3v) is 6.44. The predicted molar refractivity (Wildman–Crippen MR) is 124 cm³/mol. The number of nitrogen functional groups attached to an aromatic ring is 1. The average Bonchev–Trinajstić information content (AvgIpc) is 3.41. The summed E-state index contributed by atoms with van der Waals surface area (Å²) in [6.45, 7) is 3.91. The first-order valence-corrected chi connectivity index (χ1v) is 11.4. The summed E-state index contributed by atoms with van der Waals surface area (Å²) in [4.78, 5) is 21.3. The number of thioether (sulfide) groups is 1. The van der Waals surface area contributed by atoms with Crippen LogP contribution in [0.5, 0.6) is 0 Å². The molecule has 31 heavy (non-hydrogen) atoms. The van der Waals surface area contributed by atoms with Crippen LogP contribution in [0, 0.1) is 0 Å². The van der Waals surface area contributed by atoms with E-state index in [4.69, 9.17) is 5.84 Å². The number of aromatic nitrogens is 5. The van der Waals surface area contributed by atoms with Crippen LogP contribution in [0.3, 0.4) is 0 Å². The molecule has 3 heterocycles. The lowest BCUT2D eigenvalue weighted by atomic mass is 10.1. The molecule has 4 aromatic rings. The van der Waals surface area contributed by atoms with E-state index in [1.165, 1.54) is 33.3 Å². The Hall–Kier alpha value is -3.24. The molecule has 0 spiro atoms. The fraction of sp³-hybridized carbons (Fsp3) is 0.190. The molecule has 1 amide bonds. The third-order valence-electron chi connectivity index (χ3n) is 4.63. The van der Waals surface area contributed by atoms with E-state index in [1.54, 1.807) is 25.4 Å². The first-order chi connectivity index (χ1) is 15.0. The van der Waals surface area contributed by atoms with Crippen molar-refractivity contribution in [2.45, 2.75) is 30.7 Å². The van der Waals surface area contributed by atoms with Gasteiger partial charge in [0.05, 0.1) is 10.9 Å². The van der Waals surface area contributed by atoms with Crippen LogP contribution in [0.2, 0.25) is 0 Å². The minimum Gasteiger partial charge on any atom is -0.335 e. The van der Waals surface area contributed by atoms with Gasteiger partial charge in [-0.25, -0.2) is 9.66 Å². The van der Waals surface area contributed by atoms with E-state index in [0.717, 1.165) is 23.2 Å². The highest BCUT2D eigenvalue weighted by Gasteiger charge is 2.21. The number of nitrogens with zero attached hydrogens (tertiary/aromatic N) is 5. The van der Waals surface area contributed by atoms with Crippen molar-refractivity contribution < 1.29 is 4.79 Å². The monoisotopic (exact) mass is 451 g/mol. The molecule has 8 nitrogen and oxygen atoms in total. The van der Waals surface area contributed by atoms with Gasteiger partial charge in [0, 0.05) is 28.9 Å². The molecule has 0 radical (unpaired) electrons. The van der Waals surface area contributed by atoms with E-state index in [0.29, 0.717) is 16.1 Å². The molecule has 0 aliphatic heterocycles. The Balaban J connectivity index is 1.40. The number of nitrogens with two attached hydrogens (primary N) is 1. The standard InChI is InChI=1S/C21H21N7OS2/c1-3-14-6-8-15(9-7-14)17-12-30-20(24-17)25-19(29)13(2)31-21-27-26-18(28(21)22)16-5-4-10-23-11-16/h4-13H,3,22H2,1-2H3,(H,24,25,29)/t13-/m1/s1. The van der Waals surface area contributed by atoms with Gasteiger partial charge in [0.15, 0.2) is 11.0 Å². The van der Waals surface area contributed by atoms with E-state index in [-0.39, 0.29) is 5.91 Å². The van der Waals surface area contributed by atoms with Crippen molar-refractivity contribution in [2.75, 3.05) is 11.2 Å². The lowest BCUT2D eigenvalue weighted by molar-refractivity contribution is -0.115. The summed E-state index contributed by atoms with van der Waals surface area (Å²) in [5.41, 5.74) is 3.89. The second kappa shape index (κ2) is 9.27. The number of amides is 1. The number of pyridine rings is 1. The molecular formula is C21H21N7OS2. The first kappa shape index (κ1) is 21.0. The van der Waals surface area contributed by atoms with Crippen LogP contribution in [0.1, 0.15) is 19.4 Å². The third kappa shape index (κ3) is 4.75. The molecule has 3 N–H and O–H groups in total. The van der Waals surface area contributed by atoms with E-state index in [1.807, 2.05) is 23.6 Å². The number of hydrogen-bond donors (Lipinski definition) is 2. The number of carbonyl (C=O) groups is 1. The van der Waals surface area contributed by atoms with Gasteiger partial charge in [-0.05, 0) is 31.0 Å². The molecule has 0 bridgehead atoms. The van der Waals surface area contributed by atoms with Crippen molar-refractivity contribution in [3.05, 3.63) is 59.7 Å². The van der Waals surface area contributed by atoms with Crippen molar-refractivity contribution in [3.8, 4) is 22.6 Å². The number of anilines is 1. The molecule has 1 atom stereocenters. The normalized spacial score (nSPS) is 11.9. The molecule has 0 saturated heterocycles. The second-order valence-electron chi connectivity index (χ2n) is 6.76. The first-order valence-electron chi connectivity index (χ1n) is 9.68. The Bertz CT molecular complexity index is 1170. The fourth-order valence-electron chi connectivity index (χ4n) is 2.84. The summed E-state index contributed by atoms with van der Waals surface area (Å²) in [5.74, 6) is 6.43. The number of benzene rings is 1. The molecule has 4 rings (SSSR count). The highest BCUT2D eigenvalue weighted by Crippen LogP contribution is 2.28. The summed E-state index contributed by atoms with van der Waals surface area (Å²) in [6, 6.07) is 11.9. The maximum absolute atomic E-state index is 12.7. The summed E-state index contributed by atoms with van der Waals surface area (Å²) < 4.78 is 1.37. The number of thiazole rings is 1. The van der Waals surface area contributed by atoms with Crippen LogP contribution in [0.25, 0.3) is 22.6 Å². The zero-order valence-corrected chi connectivity index (χ0v) is 18.7. The van der Waals surface area contributed by atoms with Gasteiger partial charge in [-0.1, -0.05) is 43.0 Å². The summed E-state index contributed by atoms with van der Waals surface area (Å²) in [5, 5.41) is 13.6. The minimum atomic E-state index is -0.440. The number of aryl methyl sites for hydroxylation is 1. The Morgan fingerprint density at radius 2 is 2.03 bits per heavy atom. The highest BCUT2D eigenvalue weighted by molar-refractivity contribution is 8.00. The molecule has 3 aromatic heterocycles. The van der Waals surface area contributed by atoms with Crippen molar-refractivity contribution in [1.29, 1.82) is 0 Å². The summed E-state index contributed by atoms with van der Waals surface area (Å²) >= 11 is 2.62. The van der Waals surface area contributed by atoms with Gasteiger partial charge in [0.25, 0.3) is 0 Å². The van der Waals surface area contributed by atoms with Gasteiger partial charge in [0.2, 0.25) is 11.1 Å². The van der Waals surface area contributed by atoms with E-state index in [9.17, 15) is 4.79 Å². The second-order valence-corrected chi connectivity index (χ2v) is 8.92. The zero-order valence-electron chi connectivity index (χ0n) is 17.0. The van der Waals surface area contributed by atoms with Crippen LogP contribution in [0.4, 0.5) is 5.13 Å². The lowest BCUT2D eigenvalue weighted by Crippen LogP contribution is -2.23. The van der Waals surface area contributed by atoms with Gasteiger partial charge in [0.1, 0.15) is 0 Å².